The lowest BCUT2D eigenvalue weighted by atomic mass is 10.2. The van der Waals surface area contributed by atoms with Crippen LogP contribution in [0.4, 0.5) is 5.69 Å². The zero-order chi connectivity index (χ0) is 20.1. The van der Waals surface area contributed by atoms with E-state index in [1.54, 1.807) is 25.2 Å². The summed E-state index contributed by atoms with van der Waals surface area (Å²) in [5, 5.41) is 18.5. The molecular formula is C19H25N5O3S. The Kier molecular flexibility index (Phi) is 6.05. The molecule has 2 aromatic rings. The predicted molar refractivity (Wildman–Crippen MR) is 110 cm³/mol. The molecule has 1 saturated heterocycles. The maximum atomic E-state index is 11.5. The summed E-state index contributed by atoms with van der Waals surface area (Å²) in [5.74, 6) is 1.03. The van der Waals surface area contributed by atoms with Gasteiger partial charge in [-0.3, -0.25) is 4.99 Å². The minimum atomic E-state index is -3.72. The lowest BCUT2D eigenvalue weighted by molar-refractivity contribution is 0.369. The van der Waals surface area contributed by atoms with Crippen molar-refractivity contribution in [3.63, 3.8) is 0 Å². The molecule has 0 bridgehead atoms. The maximum Gasteiger partial charge on any atom is 0.238 e. The van der Waals surface area contributed by atoms with Crippen LogP contribution in [-0.2, 0) is 16.6 Å². The molecule has 2 aromatic carbocycles. The molecule has 1 fully saturated rings. The minimum Gasteiger partial charge on any atom is -0.506 e. The summed E-state index contributed by atoms with van der Waals surface area (Å²) < 4.78 is 23.0. The largest absolute Gasteiger partial charge is 0.506 e. The van der Waals surface area contributed by atoms with Crippen molar-refractivity contribution in [3.05, 3.63) is 54.1 Å². The van der Waals surface area contributed by atoms with Gasteiger partial charge in [-0.05, 0) is 29.8 Å². The highest BCUT2D eigenvalue weighted by molar-refractivity contribution is 7.89. The van der Waals surface area contributed by atoms with E-state index in [0.717, 1.165) is 43.4 Å². The Morgan fingerprint density at radius 1 is 1.14 bits per heavy atom. The van der Waals surface area contributed by atoms with Crippen LogP contribution in [0, 0.1) is 0 Å². The number of rotatable bonds is 4. The molecule has 8 nitrogen and oxygen atoms in total. The number of guanidine groups is 1. The molecule has 3 rings (SSSR count). The van der Waals surface area contributed by atoms with Crippen molar-refractivity contribution in [3.8, 4) is 5.75 Å². The van der Waals surface area contributed by atoms with Crippen LogP contribution in [0.15, 0.2) is 58.4 Å². The molecule has 4 N–H and O–H groups in total. The number of hydrogen-bond donors (Lipinski definition) is 3. The number of phenols is 1. The number of nitrogens with one attached hydrogen (secondary N) is 1. The molecule has 0 aromatic heterocycles. The fourth-order valence-corrected chi connectivity index (χ4v) is 3.82. The van der Waals surface area contributed by atoms with Crippen LogP contribution in [0.5, 0.6) is 5.75 Å². The van der Waals surface area contributed by atoms with Gasteiger partial charge in [-0.25, -0.2) is 13.6 Å². The number of sulfonamides is 1. The summed E-state index contributed by atoms with van der Waals surface area (Å²) in [6, 6.07) is 13.9. The lowest BCUT2D eigenvalue weighted by Gasteiger charge is -2.37. The van der Waals surface area contributed by atoms with Gasteiger partial charge in [0.05, 0.1) is 10.6 Å². The summed E-state index contributed by atoms with van der Waals surface area (Å²) in [6.45, 7) is 3.48. The van der Waals surface area contributed by atoms with Crippen molar-refractivity contribution in [1.29, 1.82) is 0 Å². The molecule has 1 aliphatic rings. The molecule has 0 aliphatic carbocycles. The quantitative estimate of drug-likeness (QED) is 0.517. The van der Waals surface area contributed by atoms with Crippen LogP contribution in [0.3, 0.4) is 0 Å². The number of para-hydroxylation sites is 2. The van der Waals surface area contributed by atoms with Gasteiger partial charge in [-0.15, -0.1) is 0 Å². The van der Waals surface area contributed by atoms with Crippen molar-refractivity contribution in [2.45, 2.75) is 11.4 Å². The van der Waals surface area contributed by atoms with Crippen LogP contribution in [0.25, 0.3) is 0 Å². The Morgan fingerprint density at radius 2 is 1.86 bits per heavy atom. The second-order valence-corrected chi connectivity index (χ2v) is 8.12. The maximum absolute atomic E-state index is 11.5. The SMILES string of the molecule is CN=C(NCc1cccc(S(N)(=O)=O)c1)N1CCN(c2ccccc2O)CC1. The molecule has 1 heterocycles. The first-order valence-corrected chi connectivity index (χ1v) is 10.5. The van der Waals surface area contributed by atoms with E-state index in [-0.39, 0.29) is 10.6 Å². The van der Waals surface area contributed by atoms with Crippen molar-refractivity contribution < 1.29 is 13.5 Å². The topological polar surface area (TPSA) is 111 Å². The Balaban J connectivity index is 1.59. The number of nitrogens with zero attached hydrogens (tertiary/aromatic N) is 3. The number of hydrogen-bond acceptors (Lipinski definition) is 5. The molecule has 9 heteroatoms. The number of aliphatic imine (C=N–C) groups is 1. The first-order valence-electron chi connectivity index (χ1n) is 8.99. The summed E-state index contributed by atoms with van der Waals surface area (Å²) in [4.78, 5) is 8.72. The predicted octanol–water partition coefficient (Wildman–Crippen LogP) is 0.937. The number of phenolic OH excluding ortho intramolecular Hbond substituents is 1. The average Bonchev–Trinajstić information content (AvgIpc) is 2.69. The second-order valence-electron chi connectivity index (χ2n) is 6.56. The summed E-state index contributed by atoms with van der Waals surface area (Å²) in [6.07, 6.45) is 0. The highest BCUT2D eigenvalue weighted by Gasteiger charge is 2.21. The zero-order valence-corrected chi connectivity index (χ0v) is 16.6. The van der Waals surface area contributed by atoms with E-state index in [9.17, 15) is 13.5 Å². The first-order chi connectivity index (χ1) is 13.4. The average molecular weight is 404 g/mol. The Morgan fingerprint density at radius 3 is 2.50 bits per heavy atom. The first kappa shape index (κ1) is 20.0. The highest BCUT2D eigenvalue weighted by Crippen LogP contribution is 2.27. The van der Waals surface area contributed by atoms with Crippen LogP contribution >= 0.6 is 0 Å². The van der Waals surface area contributed by atoms with Crippen molar-refractivity contribution in [1.82, 2.24) is 10.2 Å². The van der Waals surface area contributed by atoms with Gasteiger partial charge in [0, 0.05) is 39.8 Å². The normalized spacial score (nSPS) is 15.6. The number of benzene rings is 2. The molecule has 0 spiro atoms. The third-order valence-electron chi connectivity index (χ3n) is 4.69. The molecule has 1 aliphatic heterocycles. The fourth-order valence-electron chi connectivity index (χ4n) is 3.24. The van der Waals surface area contributed by atoms with Gasteiger partial charge in [0.15, 0.2) is 5.96 Å². The van der Waals surface area contributed by atoms with Gasteiger partial charge in [-0.1, -0.05) is 24.3 Å². The molecule has 0 atom stereocenters. The highest BCUT2D eigenvalue weighted by atomic mass is 32.2. The number of nitrogens with two attached hydrogens (primary N) is 1. The zero-order valence-electron chi connectivity index (χ0n) is 15.7. The van der Waals surface area contributed by atoms with E-state index in [1.807, 2.05) is 24.3 Å². The van der Waals surface area contributed by atoms with Gasteiger partial charge < -0.3 is 20.2 Å². The van der Waals surface area contributed by atoms with Crippen molar-refractivity contribution in [2.24, 2.45) is 10.1 Å². The van der Waals surface area contributed by atoms with Crippen molar-refractivity contribution in [2.75, 3.05) is 38.1 Å². The second kappa shape index (κ2) is 8.49. The number of anilines is 1. The van der Waals surface area contributed by atoms with Crippen LogP contribution in [-0.4, -0.2) is 57.6 Å². The van der Waals surface area contributed by atoms with E-state index in [2.05, 4.69) is 20.1 Å². The molecule has 0 radical (unpaired) electrons. The number of aromatic hydroxyl groups is 1. The van der Waals surface area contributed by atoms with Gasteiger partial charge in [-0.2, -0.15) is 0 Å². The van der Waals surface area contributed by atoms with E-state index in [4.69, 9.17) is 5.14 Å². The van der Waals surface area contributed by atoms with E-state index in [0.29, 0.717) is 6.54 Å². The van der Waals surface area contributed by atoms with E-state index >= 15 is 0 Å². The summed E-state index contributed by atoms with van der Waals surface area (Å²) in [7, 11) is -2.00. The van der Waals surface area contributed by atoms with E-state index < -0.39 is 10.0 Å². The summed E-state index contributed by atoms with van der Waals surface area (Å²) >= 11 is 0. The number of primary sulfonamides is 1. The van der Waals surface area contributed by atoms with Crippen LogP contribution in [0.2, 0.25) is 0 Å². The monoisotopic (exact) mass is 403 g/mol. The Bertz CT molecular complexity index is 954. The Labute approximate surface area is 165 Å². The standard InChI is InChI=1S/C19H25N5O3S/c1-21-19(22-14-15-5-4-6-16(13-15)28(20,26)27)24-11-9-23(10-12-24)17-7-2-3-8-18(17)25/h2-8,13,25H,9-12,14H2,1H3,(H,21,22)(H2,20,26,27). The van der Waals surface area contributed by atoms with Crippen LogP contribution < -0.4 is 15.4 Å². The van der Waals surface area contributed by atoms with Crippen LogP contribution in [0.1, 0.15) is 5.56 Å². The van der Waals surface area contributed by atoms with Gasteiger partial charge in [0.1, 0.15) is 5.75 Å². The minimum absolute atomic E-state index is 0.0954. The van der Waals surface area contributed by atoms with E-state index in [1.165, 1.54) is 6.07 Å². The van der Waals surface area contributed by atoms with Crippen molar-refractivity contribution >= 4 is 21.7 Å². The van der Waals surface area contributed by atoms with Gasteiger partial charge in [0.2, 0.25) is 10.0 Å². The molecule has 0 unspecified atom stereocenters. The molecule has 0 saturated carbocycles. The number of piperazine rings is 1. The molecule has 150 valence electrons. The van der Waals surface area contributed by atoms with Gasteiger partial charge >= 0.3 is 0 Å². The smallest absolute Gasteiger partial charge is 0.238 e. The fraction of sp³-hybridized carbons (Fsp3) is 0.316. The molecular weight excluding hydrogens is 378 g/mol. The molecule has 28 heavy (non-hydrogen) atoms. The van der Waals surface area contributed by atoms with Gasteiger partial charge in [0.25, 0.3) is 0 Å². The molecule has 0 amide bonds. The third kappa shape index (κ3) is 4.73. The lowest BCUT2D eigenvalue weighted by Crippen LogP contribution is -2.52. The summed E-state index contributed by atoms with van der Waals surface area (Å²) in [5.41, 5.74) is 1.64. The Hall–Kier alpha value is -2.78. The third-order valence-corrected chi connectivity index (χ3v) is 5.60.